The first-order chi connectivity index (χ1) is 15.1. The van der Waals surface area contributed by atoms with E-state index in [0.717, 1.165) is 12.1 Å². The summed E-state index contributed by atoms with van der Waals surface area (Å²) < 4.78 is 101. The van der Waals surface area contributed by atoms with Gasteiger partial charge in [0.15, 0.2) is 0 Å². The molecule has 0 fully saturated rings. The molecular weight excluding hydrogens is 502 g/mol. The first-order valence-corrected chi connectivity index (χ1v) is 13.1. The summed E-state index contributed by atoms with van der Waals surface area (Å²) in [4.78, 5) is 1.63. The van der Waals surface area contributed by atoms with Gasteiger partial charge in [-0.05, 0) is 30.3 Å². The maximum Gasteiger partial charge on any atom is 0.297 e. The summed E-state index contributed by atoms with van der Waals surface area (Å²) in [5, 5.41) is -0.501. The Balaban J connectivity index is 1.90. The molecule has 0 saturated heterocycles. The maximum absolute atomic E-state index is 12.3. The van der Waals surface area contributed by atoms with E-state index in [4.69, 9.17) is 11.5 Å². The van der Waals surface area contributed by atoms with E-state index in [1.54, 1.807) is 0 Å². The van der Waals surface area contributed by atoms with Gasteiger partial charge in [-0.1, -0.05) is 6.07 Å². The van der Waals surface area contributed by atoms with Crippen molar-refractivity contribution in [2.75, 3.05) is 11.5 Å². The number of fused-ring (bicyclic) bond motifs is 7. The van der Waals surface area contributed by atoms with Crippen LogP contribution in [0.3, 0.4) is 0 Å². The summed E-state index contributed by atoms with van der Waals surface area (Å²) in [6.45, 7) is 0. The lowest BCUT2D eigenvalue weighted by atomic mass is 10.1. The van der Waals surface area contributed by atoms with Crippen molar-refractivity contribution in [2.24, 2.45) is 0 Å². The highest BCUT2D eigenvalue weighted by atomic mass is 32.2. The Morgan fingerprint density at radius 1 is 0.636 bits per heavy atom. The highest BCUT2D eigenvalue weighted by molar-refractivity contribution is 7.86. The molecule has 1 aliphatic heterocycles. The van der Waals surface area contributed by atoms with Crippen LogP contribution in [0.1, 0.15) is 0 Å². The third kappa shape index (κ3) is 2.98. The molecule has 5 rings (SSSR count). The maximum atomic E-state index is 12.3. The van der Waals surface area contributed by atoms with Gasteiger partial charge >= 0.3 is 0 Å². The zero-order valence-electron chi connectivity index (χ0n) is 16.0. The summed E-state index contributed by atoms with van der Waals surface area (Å²) in [5.74, 6) is 0. The van der Waals surface area contributed by atoms with E-state index in [9.17, 15) is 38.9 Å². The van der Waals surface area contributed by atoms with Gasteiger partial charge in [0, 0.05) is 10.8 Å². The number of hydrogen-bond donors (Lipinski definition) is 5. The Bertz CT molecular complexity index is 1860. The number of aromatic nitrogens is 3. The fraction of sp³-hybridized carbons (Fsp3) is 0. The Kier molecular flexibility index (Phi) is 4.01. The van der Waals surface area contributed by atoms with Gasteiger partial charge in [-0.3, -0.25) is 13.7 Å². The molecule has 1 aromatic heterocycles. The fourth-order valence-corrected chi connectivity index (χ4v) is 6.25. The molecule has 0 atom stereocenters. The second kappa shape index (κ2) is 6.16. The molecule has 2 bridgehead atoms. The van der Waals surface area contributed by atoms with Gasteiger partial charge in [0.05, 0.1) is 22.7 Å². The lowest BCUT2D eigenvalue weighted by Crippen LogP contribution is -2.10. The second-order valence-electron chi connectivity index (χ2n) is 7.17. The number of nitrogen functional groups attached to an aromatic ring is 2. The zero-order chi connectivity index (χ0) is 24.2. The van der Waals surface area contributed by atoms with Crippen LogP contribution in [0.2, 0.25) is 0 Å². The van der Waals surface area contributed by atoms with Crippen LogP contribution in [0, 0.1) is 0 Å². The molecule has 17 heteroatoms. The molecule has 4 aromatic rings. The number of nitrogens with two attached hydrogens (primary N) is 2. The van der Waals surface area contributed by atoms with Gasteiger partial charge in [0.25, 0.3) is 30.4 Å². The minimum absolute atomic E-state index is 0.0672. The molecule has 0 unspecified atom stereocenters. The van der Waals surface area contributed by atoms with Crippen molar-refractivity contribution in [1.29, 1.82) is 0 Å². The van der Waals surface area contributed by atoms with E-state index in [2.05, 4.69) is 0 Å². The summed E-state index contributed by atoms with van der Waals surface area (Å²) in [7, 11) is -14.6. The van der Waals surface area contributed by atoms with Gasteiger partial charge in [-0.2, -0.15) is 30.0 Å². The van der Waals surface area contributed by atoms with Crippen LogP contribution in [0.15, 0.2) is 51.1 Å². The molecule has 174 valence electrons. The van der Waals surface area contributed by atoms with E-state index >= 15 is 0 Å². The van der Waals surface area contributed by atoms with Crippen molar-refractivity contribution in [1.82, 2.24) is 14.4 Å². The van der Waals surface area contributed by atoms with Crippen LogP contribution in [0.4, 0.5) is 11.4 Å². The molecule has 14 nitrogen and oxygen atoms in total. The first-order valence-electron chi connectivity index (χ1n) is 8.73. The van der Waals surface area contributed by atoms with Crippen molar-refractivity contribution in [3.63, 3.8) is 0 Å². The van der Waals surface area contributed by atoms with E-state index in [0.29, 0.717) is 0 Å². The van der Waals surface area contributed by atoms with Crippen molar-refractivity contribution in [3.05, 3.63) is 36.4 Å². The van der Waals surface area contributed by atoms with Crippen LogP contribution < -0.4 is 11.5 Å². The second-order valence-corrected chi connectivity index (χ2v) is 11.3. The smallest absolute Gasteiger partial charge is 0.297 e. The number of benzene rings is 3. The molecule has 33 heavy (non-hydrogen) atoms. The van der Waals surface area contributed by atoms with E-state index in [1.807, 2.05) is 0 Å². The Morgan fingerprint density at radius 3 is 1.79 bits per heavy atom. The molecule has 3 aromatic carbocycles. The Morgan fingerprint density at radius 2 is 1.21 bits per heavy atom. The third-order valence-electron chi connectivity index (χ3n) is 5.16. The van der Waals surface area contributed by atoms with Crippen molar-refractivity contribution in [2.45, 2.75) is 14.7 Å². The van der Waals surface area contributed by atoms with E-state index in [1.165, 1.54) is 38.7 Å². The van der Waals surface area contributed by atoms with Crippen LogP contribution >= 0.6 is 0 Å². The van der Waals surface area contributed by atoms with E-state index < -0.39 is 45.0 Å². The van der Waals surface area contributed by atoms with Gasteiger partial charge < -0.3 is 11.5 Å². The lowest BCUT2D eigenvalue weighted by molar-refractivity contribution is 0.481. The number of nitrogens with zero attached hydrogens (tertiary/aromatic N) is 3. The summed E-state index contributed by atoms with van der Waals surface area (Å²) in [6.07, 6.45) is 0. The van der Waals surface area contributed by atoms with Crippen molar-refractivity contribution in [3.8, 4) is 17.1 Å². The van der Waals surface area contributed by atoms with Gasteiger partial charge in [-0.25, -0.2) is 0 Å². The Hall–Kier alpha value is -3.35. The predicted molar refractivity (Wildman–Crippen MR) is 114 cm³/mol. The van der Waals surface area contributed by atoms with Crippen LogP contribution in [-0.2, 0) is 30.4 Å². The van der Waals surface area contributed by atoms with Crippen LogP contribution in [0.25, 0.3) is 27.8 Å². The standard InChI is InChI=1S/C16H13N5O9S3/c17-9-3-1-7(5-13(9)31(22,23)24)19-20-11-6-12(21(19)20)15(32(25,26)27)8-2-4-10(18)16(14(8)11)33(28,29)30/h1-6H,17-18H2,(H,22,23,24)(H,25,26,27)(H,28,29,30). The van der Waals surface area contributed by atoms with Crippen LogP contribution in [0.5, 0.6) is 0 Å². The highest BCUT2D eigenvalue weighted by Crippen LogP contribution is 2.46. The largest absolute Gasteiger partial charge is 0.398 e. The third-order valence-corrected chi connectivity index (χ3v) is 7.97. The monoisotopic (exact) mass is 515 g/mol. The van der Waals surface area contributed by atoms with Crippen molar-refractivity contribution < 1.29 is 38.9 Å². The molecule has 0 radical (unpaired) electrons. The van der Waals surface area contributed by atoms with E-state index in [-0.39, 0.29) is 39.2 Å². The molecular formula is C16H13N5O9S3. The molecule has 1 aliphatic rings. The molecule has 0 amide bonds. The summed E-state index contributed by atoms with van der Waals surface area (Å²) in [5.41, 5.74) is 10.8. The quantitative estimate of drug-likeness (QED) is 0.163. The predicted octanol–water partition coefficient (Wildman–Crippen LogP) is 0.430. The van der Waals surface area contributed by atoms with Gasteiger partial charge in [-0.15, -0.1) is 9.59 Å². The average molecular weight is 516 g/mol. The number of hydrogen-bond acceptors (Lipinski definition) is 8. The highest BCUT2D eigenvalue weighted by Gasteiger charge is 2.40. The topological polar surface area (TPSA) is 230 Å². The SMILES string of the molecule is Nc1ccc(-n2n3n2-c2cc-3c(S(=O)(=O)O)c3ccc(N)c(S(=O)(=O)O)c23)cc1S(=O)(=O)O. The molecule has 0 spiro atoms. The lowest BCUT2D eigenvalue weighted by Gasteiger charge is -2.13. The minimum atomic E-state index is -4.94. The molecule has 2 heterocycles. The number of rotatable bonds is 4. The first kappa shape index (κ1) is 21.5. The summed E-state index contributed by atoms with van der Waals surface area (Å²) in [6, 6.07) is 7.06. The molecule has 0 saturated carbocycles. The number of anilines is 2. The average Bonchev–Trinajstić information content (AvgIpc) is 3.31. The fourth-order valence-electron chi connectivity index (χ4n) is 3.93. The minimum Gasteiger partial charge on any atom is -0.398 e. The Labute approximate surface area is 185 Å². The van der Waals surface area contributed by atoms with Crippen LogP contribution in [-0.4, -0.2) is 53.3 Å². The summed E-state index contributed by atoms with van der Waals surface area (Å²) >= 11 is 0. The van der Waals surface area contributed by atoms with Crippen molar-refractivity contribution >= 4 is 52.5 Å². The van der Waals surface area contributed by atoms with Gasteiger partial charge in [0.1, 0.15) is 20.4 Å². The van der Waals surface area contributed by atoms with Gasteiger partial charge in [0.2, 0.25) is 0 Å². The molecule has 7 N–H and O–H groups in total. The zero-order valence-corrected chi connectivity index (χ0v) is 18.4. The molecule has 0 aliphatic carbocycles. The normalized spacial score (nSPS) is 13.7.